The molecule has 2 rings (SSSR count). The van der Waals surface area contributed by atoms with Crippen molar-refractivity contribution in [3.63, 3.8) is 0 Å². The van der Waals surface area contributed by atoms with Crippen molar-refractivity contribution < 1.29 is 18.7 Å². The highest BCUT2D eigenvalue weighted by Crippen LogP contribution is 2.31. The average Bonchev–Trinajstić information content (AvgIpc) is 2.67. The van der Waals surface area contributed by atoms with E-state index in [-0.39, 0.29) is 11.4 Å². The molecule has 0 N–H and O–H groups in total. The monoisotopic (exact) mass is 357 g/mol. The SMILES string of the molecule is C=CCC(CC)C(C)c1ccc(Oc2ncc(C(=O)OC)cc2F)cc1. The third-order valence-electron chi connectivity index (χ3n) is 4.55. The summed E-state index contributed by atoms with van der Waals surface area (Å²) in [6.07, 6.45) is 5.22. The number of halogens is 1. The van der Waals surface area contributed by atoms with Gasteiger partial charge < -0.3 is 9.47 Å². The molecule has 138 valence electrons. The Kier molecular flexibility index (Phi) is 6.89. The number of methoxy groups -OCH3 is 1. The first-order chi connectivity index (χ1) is 12.5. The number of carbonyl (C=O) groups is 1. The number of esters is 1. The highest BCUT2D eigenvalue weighted by Gasteiger charge is 2.17. The van der Waals surface area contributed by atoms with Gasteiger partial charge in [-0.2, -0.15) is 0 Å². The highest BCUT2D eigenvalue weighted by atomic mass is 19.1. The molecule has 0 aliphatic rings. The molecule has 2 unspecified atom stereocenters. The number of allylic oxidation sites excluding steroid dienone is 1. The van der Waals surface area contributed by atoms with Crippen molar-refractivity contribution in [1.29, 1.82) is 0 Å². The van der Waals surface area contributed by atoms with Crippen LogP contribution in [0.25, 0.3) is 0 Å². The van der Waals surface area contributed by atoms with E-state index in [4.69, 9.17) is 4.74 Å². The Balaban J connectivity index is 2.12. The van der Waals surface area contributed by atoms with E-state index < -0.39 is 11.8 Å². The molecule has 0 aliphatic carbocycles. The lowest BCUT2D eigenvalue weighted by Gasteiger charge is -2.22. The number of hydrogen-bond acceptors (Lipinski definition) is 4. The van der Waals surface area contributed by atoms with Crippen molar-refractivity contribution >= 4 is 5.97 Å². The molecule has 2 atom stereocenters. The molecule has 0 amide bonds. The van der Waals surface area contributed by atoms with Gasteiger partial charge in [0.05, 0.1) is 12.7 Å². The molecule has 0 radical (unpaired) electrons. The Morgan fingerprint density at radius 3 is 2.58 bits per heavy atom. The molecule has 26 heavy (non-hydrogen) atoms. The smallest absolute Gasteiger partial charge is 0.339 e. The Morgan fingerprint density at radius 1 is 1.35 bits per heavy atom. The van der Waals surface area contributed by atoms with Crippen LogP contribution in [0, 0.1) is 11.7 Å². The zero-order chi connectivity index (χ0) is 19.1. The fourth-order valence-electron chi connectivity index (χ4n) is 2.89. The molecule has 1 aromatic heterocycles. The first-order valence-electron chi connectivity index (χ1n) is 8.62. The lowest BCUT2D eigenvalue weighted by atomic mass is 9.84. The van der Waals surface area contributed by atoms with E-state index in [1.165, 1.54) is 18.9 Å². The van der Waals surface area contributed by atoms with Gasteiger partial charge in [-0.25, -0.2) is 14.2 Å². The van der Waals surface area contributed by atoms with Gasteiger partial charge in [-0.05, 0) is 42.0 Å². The fourth-order valence-corrected chi connectivity index (χ4v) is 2.89. The topological polar surface area (TPSA) is 48.4 Å². The molecule has 2 aromatic rings. The third-order valence-corrected chi connectivity index (χ3v) is 4.55. The Labute approximate surface area is 153 Å². The van der Waals surface area contributed by atoms with Gasteiger partial charge in [0, 0.05) is 6.20 Å². The summed E-state index contributed by atoms with van der Waals surface area (Å²) < 4.78 is 24.1. The van der Waals surface area contributed by atoms with E-state index in [0.29, 0.717) is 17.6 Å². The summed E-state index contributed by atoms with van der Waals surface area (Å²) in [5.41, 5.74) is 1.23. The van der Waals surface area contributed by atoms with Gasteiger partial charge in [0.1, 0.15) is 5.75 Å². The van der Waals surface area contributed by atoms with Crippen LogP contribution < -0.4 is 4.74 Å². The number of pyridine rings is 1. The summed E-state index contributed by atoms with van der Waals surface area (Å²) in [5.74, 6) is -0.148. The molecule has 0 fully saturated rings. The minimum absolute atomic E-state index is 0.0364. The van der Waals surface area contributed by atoms with Crippen molar-refractivity contribution in [2.75, 3.05) is 7.11 Å². The highest BCUT2D eigenvalue weighted by molar-refractivity contribution is 5.88. The second-order valence-electron chi connectivity index (χ2n) is 6.16. The zero-order valence-electron chi connectivity index (χ0n) is 15.4. The molecule has 5 heteroatoms. The van der Waals surface area contributed by atoms with Gasteiger partial charge in [0.15, 0.2) is 5.82 Å². The van der Waals surface area contributed by atoms with Crippen molar-refractivity contribution in [3.05, 3.63) is 66.1 Å². The van der Waals surface area contributed by atoms with E-state index >= 15 is 0 Å². The van der Waals surface area contributed by atoms with Crippen LogP contribution in [-0.2, 0) is 4.74 Å². The molecule has 0 aliphatic heterocycles. The van der Waals surface area contributed by atoms with Crippen LogP contribution in [-0.4, -0.2) is 18.1 Å². The molecule has 0 spiro atoms. The lowest BCUT2D eigenvalue weighted by molar-refractivity contribution is 0.0599. The predicted molar refractivity (Wildman–Crippen MR) is 99.1 cm³/mol. The summed E-state index contributed by atoms with van der Waals surface area (Å²) in [4.78, 5) is 15.2. The summed E-state index contributed by atoms with van der Waals surface area (Å²) in [6, 6.07) is 8.59. The number of aromatic nitrogens is 1. The minimum atomic E-state index is -0.720. The molecular formula is C21H24FNO3. The summed E-state index contributed by atoms with van der Waals surface area (Å²) in [7, 11) is 1.23. The zero-order valence-corrected chi connectivity index (χ0v) is 15.4. The molecule has 1 heterocycles. The van der Waals surface area contributed by atoms with Gasteiger partial charge in [0.25, 0.3) is 5.88 Å². The standard InChI is InChI=1S/C21H24FNO3/c1-5-7-15(6-2)14(3)16-8-10-18(11-9-16)26-20-19(22)12-17(13-23-20)21(24)25-4/h5,8-15H,1,6-7H2,2-4H3. The third kappa shape index (κ3) is 4.69. The molecular weight excluding hydrogens is 333 g/mol. The normalized spacial score (nSPS) is 12.9. The molecule has 0 saturated carbocycles. The van der Waals surface area contributed by atoms with Crippen LogP contribution in [0.4, 0.5) is 4.39 Å². The van der Waals surface area contributed by atoms with Crippen molar-refractivity contribution in [1.82, 2.24) is 4.98 Å². The lowest BCUT2D eigenvalue weighted by Crippen LogP contribution is -2.08. The van der Waals surface area contributed by atoms with Crippen molar-refractivity contribution in [2.45, 2.75) is 32.6 Å². The average molecular weight is 357 g/mol. The second kappa shape index (κ2) is 9.13. The predicted octanol–water partition coefficient (Wildman–Crippen LogP) is 5.51. The maximum Gasteiger partial charge on any atom is 0.339 e. The number of hydrogen-bond donors (Lipinski definition) is 0. The van der Waals surface area contributed by atoms with Crippen LogP contribution in [0.2, 0.25) is 0 Å². The molecule has 4 nitrogen and oxygen atoms in total. The first kappa shape index (κ1) is 19.6. The Bertz CT molecular complexity index is 758. The van der Waals surface area contributed by atoms with E-state index in [1.54, 1.807) is 12.1 Å². The number of benzene rings is 1. The minimum Gasteiger partial charge on any atom is -0.465 e. The van der Waals surface area contributed by atoms with Crippen molar-refractivity contribution in [2.24, 2.45) is 5.92 Å². The van der Waals surface area contributed by atoms with Gasteiger partial charge >= 0.3 is 5.97 Å². The Hall–Kier alpha value is -2.69. The summed E-state index contributed by atoms with van der Waals surface area (Å²) in [5, 5.41) is 0. The second-order valence-corrected chi connectivity index (χ2v) is 6.16. The van der Waals surface area contributed by atoms with Gasteiger partial charge in [0.2, 0.25) is 0 Å². The van der Waals surface area contributed by atoms with Gasteiger partial charge in [-0.3, -0.25) is 0 Å². The first-order valence-corrected chi connectivity index (χ1v) is 8.62. The summed E-state index contributed by atoms with van der Waals surface area (Å²) >= 11 is 0. The van der Waals surface area contributed by atoms with Crippen LogP contribution >= 0.6 is 0 Å². The van der Waals surface area contributed by atoms with Crippen molar-refractivity contribution in [3.8, 4) is 11.6 Å². The number of ether oxygens (including phenoxy) is 2. The van der Waals surface area contributed by atoms with Crippen LogP contribution in [0.5, 0.6) is 11.6 Å². The number of carbonyl (C=O) groups excluding carboxylic acids is 1. The Morgan fingerprint density at radius 2 is 2.04 bits per heavy atom. The van der Waals surface area contributed by atoms with E-state index in [0.717, 1.165) is 18.9 Å². The number of nitrogens with zero attached hydrogens (tertiary/aromatic N) is 1. The maximum absolute atomic E-state index is 14.1. The molecule has 0 saturated heterocycles. The maximum atomic E-state index is 14.1. The van der Waals surface area contributed by atoms with Gasteiger partial charge in [-0.1, -0.05) is 38.5 Å². The quantitative estimate of drug-likeness (QED) is 0.462. The van der Waals surface area contributed by atoms with E-state index in [9.17, 15) is 9.18 Å². The van der Waals surface area contributed by atoms with E-state index in [2.05, 4.69) is 30.1 Å². The van der Waals surface area contributed by atoms with Gasteiger partial charge in [-0.15, -0.1) is 6.58 Å². The largest absolute Gasteiger partial charge is 0.465 e. The number of rotatable bonds is 8. The van der Waals surface area contributed by atoms with Crippen LogP contribution in [0.15, 0.2) is 49.2 Å². The van der Waals surface area contributed by atoms with E-state index in [1.807, 2.05) is 18.2 Å². The fraction of sp³-hybridized carbons (Fsp3) is 0.333. The molecule has 0 bridgehead atoms. The van der Waals surface area contributed by atoms with Crippen LogP contribution in [0.3, 0.4) is 0 Å². The summed E-state index contributed by atoms with van der Waals surface area (Å²) in [6.45, 7) is 8.19. The van der Waals surface area contributed by atoms with Crippen LogP contribution in [0.1, 0.15) is 48.5 Å². The molecule has 1 aromatic carbocycles.